The Morgan fingerprint density at radius 3 is 2.33 bits per heavy atom. The maximum Gasteiger partial charge on any atom is 0.289 e. The van der Waals surface area contributed by atoms with Gasteiger partial charge in [-0.3, -0.25) is 19.7 Å². The number of nitrogens with zero attached hydrogens (tertiary/aromatic N) is 1. The summed E-state index contributed by atoms with van der Waals surface area (Å²) in [7, 11) is 0. The standard InChI is InChI=1S/C16H12Cl2N2O4/c17-11-3-1-10(2-4-11)15(21)7-8-16(22)19-12-5-6-13(18)14(9-12)20(23)24/h1-6,9H,7-8H2,(H,19,22). The highest BCUT2D eigenvalue weighted by atomic mass is 35.5. The van der Waals surface area contributed by atoms with Crippen LogP contribution in [0.3, 0.4) is 0 Å². The molecule has 0 aliphatic heterocycles. The zero-order chi connectivity index (χ0) is 17.7. The third-order valence-electron chi connectivity index (χ3n) is 3.17. The Balaban J connectivity index is 1.94. The number of anilines is 1. The molecule has 0 heterocycles. The van der Waals surface area contributed by atoms with Crippen molar-refractivity contribution in [3.63, 3.8) is 0 Å². The zero-order valence-electron chi connectivity index (χ0n) is 12.3. The fourth-order valence-electron chi connectivity index (χ4n) is 1.96. The molecule has 1 amide bonds. The van der Waals surface area contributed by atoms with Crippen LogP contribution in [0.25, 0.3) is 0 Å². The minimum absolute atomic E-state index is 0.0170. The number of nitro benzene ring substituents is 1. The number of hydrogen-bond donors (Lipinski definition) is 1. The maximum absolute atomic E-state index is 12.0. The second-order valence-electron chi connectivity index (χ2n) is 4.90. The lowest BCUT2D eigenvalue weighted by Crippen LogP contribution is -2.13. The zero-order valence-corrected chi connectivity index (χ0v) is 13.8. The first-order chi connectivity index (χ1) is 11.4. The van der Waals surface area contributed by atoms with E-state index in [1.165, 1.54) is 18.2 Å². The summed E-state index contributed by atoms with van der Waals surface area (Å²) in [6.45, 7) is 0. The Labute approximate surface area is 147 Å². The SMILES string of the molecule is O=C(CCC(=O)c1ccc(Cl)cc1)Nc1ccc(Cl)c([N+](=O)[O-])c1. The molecule has 0 atom stereocenters. The molecular formula is C16H12Cl2N2O4. The van der Waals surface area contributed by atoms with Crippen molar-refractivity contribution in [2.75, 3.05) is 5.32 Å². The molecule has 0 aliphatic rings. The van der Waals surface area contributed by atoms with Crippen LogP contribution >= 0.6 is 23.2 Å². The van der Waals surface area contributed by atoms with Gasteiger partial charge in [0.2, 0.25) is 5.91 Å². The lowest BCUT2D eigenvalue weighted by Gasteiger charge is -2.06. The summed E-state index contributed by atoms with van der Waals surface area (Å²) in [5, 5.41) is 13.8. The van der Waals surface area contributed by atoms with Crippen molar-refractivity contribution in [2.24, 2.45) is 0 Å². The second-order valence-corrected chi connectivity index (χ2v) is 5.75. The van der Waals surface area contributed by atoms with Gasteiger partial charge in [-0.2, -0.15) is 0 Å². The summed E-state index contributed by atoms with van der Waals surface area (Å²) in [6.07, 6.45) is -0.0268. The van der Waals surface area contributed by atoms with Crippen LogP contribution in [0, 0.1) is 10.1 Å². The number of halogens is 2. The largest absolute Gasteiger partial charge is 0.326 e. The number of hydrogen-bond acceptors (Lipinski definition) is 4. The molecule has 6 nitrogen and oxygen atoms in total. The van der Waals surface area contributed by atoms with Crippen molar-refractivity contribution in [2.45, 2.75) is 12.8 Å². The van der Waals surface area contributed by atoms with Gasteiger partial charge in [0.15, 0.2) is 5.78 Å². The quantitative estimate of drug-likeness (QED) is 0.462. The monoisotopic (exact) mass is 366 g/mol. The van der Waals surface area contributed by atoms with Gasteiger partial charge in [0.1, 0.15) is 5.02 Å². The molecule has 0 radical (unpaired) electrons. The van der Waals surface area contributed by atoms with Gasteiger partial charge >= 0.3 is 0 Å². The van der Waals surface area contributed by atoms with Crippen LogP contribution in [0.2, 0.25) is 10.0 Å². The summed E-state index contributed by atoms with van der Waals surface area (Å²) >= 11 is 11.4. The molecule has 8 heteroatoms. The number of carbonyl (C=O) groups is 2. The third-order valence-corrected chi connectivity index (χ3v) is 3.74. The van der Waals surface area contributed by atoms with E-state index in [2.05, 4.69) is 5.32 Å². The van der Waals surface area contributed by atoms with E-state index >= 15 is 0 Å². The molecule has 24 heavy (non-hydrogen) atoms. The van der Waals surface area contributed by atoms with E-state index in [9.17, 15) is 19.7 Å². The van der Waals surface area contributed by atoms with Crippen LogP contribution in [0.15, 0.2) is 42.5 Å². The predicted molar refractivity (Wildman–Crippen MR) is 91.8 cm³/mol. The predicted octanol–water partition coefficient (Wildman–Crippen LogP) is 4.50. The van der Waals surface area contributed by atoms with Gasteiger partial charge in [-0.15, -0.1) is 0 Å². The smallest absolute Gasteiger partial charge is 0.289 e. The Hall–Kier alpha value is -2.44. The minimum Gasteiger partial charge on any atom is -0.326 e. The number of amides is 1. The summed E-state index contributed by atoms with van der Waals surface area (Å²) in [4.78, 5) is 34.0. The second kappa shape index (κ2) is 7.90. The van der Waals surface area contributed by atoms with Crippen LogP contribution in [-0.2, 0) is 4.79 Å². The van der Waals surface area contributed by atoms with Gasteiger partial charge in [0.25, 0.3) is 5.69 Å². The molecule has 2 rings (SSSR count). The topological polar surface area (TPSA) is 89.3 Å². The number of Topliss-reactive ketones (excluding diaryl/α,β-unsaturated/α-hetero) is 1. The van der Waals surface area contributed by atoms with Gasteiger partial charge in [-0.1, -0.05) is 23.2 Å². The Morgan fingerprint density at radius 1 is 1.04 bits per heavy atom. The number of carbonyl (C=O) groups excluding carboxylic acids is 2. The van der Waals surface area contributed by atoms with Crippen LogP contribution < -0.4 is 5.32 Å². The van der Waals surface area contributed by atoms with E-state index in [1.807, 2.05) is 0 Å². The molecule has 0 aromatic heterocycles. The summed E-state index contributed by atoms with van der Waals surface area (Å²) in [5.41, 5.74) is 0.413. The Bertz CT molecular complexity index is 791. The van der Waals surface area contributed by atoms with Crippen molar-refractivity contribution < 1.29 is 14.5 Å². The number of rotatable bonds is 6. The molecule has 0 saturated carbocycles. The fraction of sp³-hybridized carbons (Fsp3) is 0.125. The highest BCUT2D eigenvalue weighted by molar-refractivity contribution is 6.32. The highest BCUT2D eigenvalue weighted by Gasteiger charge is 2.14. The van der Waals surface area contributed by atoms with Crippen LogP contribution in [0.5, 0.6) is 0 Å². The molecule has 2 aromatic rings. The van der Waals surface area contributed by atoms with E-state index in [-0.39, 0.29) is 35.0 Å². The molecule has 0 fully saturated rings. The molecular weight excluding hydrogens is 355 g/mol. The Kier molecular flexibility index (Phi) is 5.89. The van der Waals surface area contributed by atoms with E-state index in [0.29, 0.717) is 10.6 Å². The maximum atomic E-state index is 12.0. The molecule has 0 saturated heterocycles. The first-order valence-corrected chi connectivity index (χ1v) is 7.65. The average Bonchev–Trinajstić information content (AvgIpc) is 2.55. The number of ketones is 1. The van der Waals surface area contributed by atoms with Crippen molar-refractivity contribution >= 4 is 46.3 Å². The Morgan fingerprint density at radius 2 is 1.71 bits per heavy atom. The van der Waals surface area contributed by atoms with Gasteiger partial charge < -0.3 is 5.32 Å². The number of nitrogens with one attached hydrogen (secondary N) is 1. The van der Waals surface area contributed by atoms with Gasteiger partial charge in [0, 0.05) is 35.2 Å². The van der Waals surface area contributed by atoms with Crippen LogP contribution in [0.4, 0.5) is 11.4 Å². The molecule has 0 spiro atoms. The number of nitro groups is 1. The van der Waals surface area contributed by atoms with Crippen molar-refractivity contribution in [3.05, 3.63) is 68.2 Å². The summed E-state index contributed by atoms with van der Waals surface area (Å²) in [6, 6.07) is 10.3. The molecule has 0 aliphatic carbocycles. The molecule has 0 unspecified atom stereocenters. The lowest BCUT2D eigenvalue weighted by atomic mass is 10.1. The van der Waals surface area contributed by atoms with E-state index in [4.69, 9.17) is 23.2 Å². The van der Waals surface area contributed by atoms with Crippen molar-refractivity contribution in [1.29, 1.82) is 0 Å². The molecule has 1 N–H and O–H groups in total. The normalized spacial score (nSPS) is 10.2. The number of benzene rings is 2. The minimum atomic E-state index is -0.637. The van der Waals surface area contributed by atoms with Crippen molar-refractivity contribution in [3.8, 4) is 0 Å². The summed E-state index contributed by atoms with van der Waals surface area (Å²) in [5.74, 6) is -0.613. The van der Waals surface area contributed by atoms with Gasteiger partial charge in [0.05, 0.1) is 4.92 Å². The average molecular weight is 367 g/mol. The fourth-order valence-corrected chi connectivity index (χ4v) is 2.27. The van der Waals surface area contributed by atoms with E-state index < -0.39 is 10.8 Å². The van der Waals surface area contributed by atoms with Gasteiger partial charge in [-0.05, 0) is 36.4 Å². The van der Waals surface area contributed by atoms with Crippen LogP contribution in [0.1, 0.15) is 23.2 Å². The summed E-state index contributed by atoms with van der Waals surface area (Å²) < 4.78 is 0. The van der Waals surface area contributed by atoms with Crippen molar-refractivity contribution in [1.82, 2.24) is 0 Å². The molecule has 2 aromatic carbocycles. The van der Waals surface area contributed by atoms with E-state index in [1.54, 1.807) is 24.3 Å². The first-order valence-electron chi connectivity index (χ1n) is 6.89. The van der Waals surface area contributed by atoms with Gasteiger partial charge in [-0.25, -0.2) is 0 Å². The van der Waals surface area contributed by atoms with E-state index in [0.717, 1.165) is 0 Å². The molecule has 0 bridgehead atoms. The molecule has 124 valence electrons. The third kappa shape index (κ3) is 4.78. The highest BCUT2D eigenvalue weighted by Crippen LogP contribution is 2.27. The first kappa shape index (κ1) is 17.9. The lowest BCUT2D eigenvalue weighted by molar-refractivity contribution is -0.384. The van der Waals surface area contributed by atoms with Crippen LogP contribution in [-0.4, -0.2) is 16.6 Å².